The number of fused-ring (bicyclic) bond motifs is 1. The van der Waals surface area contributed by atoms with Crippen LogP contribution < -0.4 is 4.74 Å². The van der Waals surface area contributed by atoms with E-state index in [9.17, 15) is 4.79 Å². The Labute approximate surface area is 103 Å². The van der Waals surface area contributed by atoms with Crippen molar-refractivity contribution in [2.24, 2.45) is 0 Å². The fourth-order valence-electron chi connectivity index (χ4n) is 2.93. The summed E-state index contributed by atoms with van der Waals surface area (Å²) in [6.45, 7) is 10.6. The Morgan fingerprint density at radius 3 is 2.47 bits per heavy atom. The molecule has 92 valence electrons. The third-order valence-electron chi connectivity index (χ3n) is 3.48. The van der Waals surface area contributed by atoms with Crippen LogP contribution in [0, 0.1) is 6.92 Å². The van der Waals surface area contributed by atoms with Crippen LogP contribution in [0.25, 0.3) is 0 Å². The number of ether oxygens (including phenoxy) is 1. The molecule has 1 heterocycles. The number of hydrogen-bond acceptors (Lipinski definition) is 2. The van der Waals surface area contributed by atoms with Crippen molar-refractivity contribution in [3.8, 4) is 5.75 Å². The summed E-state index contributed by atoms with van der Waals surface area (Å²) in [6.07, 6.45) is 1.87. The lowest BCUT2D eigenvalue weighted by Crippen LogP contribution is -2.41. The highest BCUT2D eigenvalue weighted by atomic mass is 16.5. The van der Waals surface area contributed by atoms with Gasteiger partial charge in [0.15, 0.2) is 0 Å². The lowest BCUT2D eigenvalue weighted by atomic mass is 9.73. The van der Waals surface area contributed by atoms with Gasteiger partial charge in [-0.3, -0.25) is 4.79 Å². The van der Waals surface area contributed by atoms with Crippen LogP contribution in [-0.2, 0) is 5.41 Å². The number of benzene rings is 1. The molecule has 1 aliphatic rings. The van der Waals surface area contributed by atoms with Gasteiger partial charge >= 0.3 is 0 Å². The smallest absolute Gasteiger partial charge is 0.150 e. The highest BCUT2D eigenvalue weighted by Crippen LogP contribution is 2.45. The second kappa shape index (κ2) is 3.59. The van der Waals surface area contributed by atoms with Crippen molar-refractivity contribution in [2.45, 2.75) is 52.1 Å². The Morgan fingerprint density at radius 1 is 1.24 bits per heavy atom. The van der Waals surface area contributed by atoms with Gasteiger partial charge in [-0.15, -0.1) is 0 Å². The van der Waals surface area contributed by atoms with Gasteiger partial charge in [-0.25, -0.2) is 0 Å². The van der Waals surface area contributed by atoms with Crippen LogP contribution in [0.2, 0.25) is 0 Å². The van der Waals surface area contributed by atoms with E-state index >= 15 is 0 Å². The maximum atomic E-state index is 11.0. The molecule has 0 N–H and O–H groups in total. The van der Waals surface area contributed by atoms with Crippen molar-refractivity contribution in [1.29, 1.82) is 0 Å². The minimum Gasteiger partial charge on any atom is -0.488 e. The average Bonchev–Trinajstić information content (AvgIpc) is 2.13. The van der Waals surface area contributed by atoms with Gasteiger partial charge in [0, 0.05) is 11.1 Å². The highest BCUT2D eigenvalue weighted by molar-refractivity contribution is 5.78. The van der Waals surface area contributed by atoms with Gasteiger partial charge in [-0.1, -0.05) is 13.8 Å². The largest absolute Gasteiger partial charge is 0.488 e. The van der Waals surface area contributed by atoms with Crippen LogP contribution in [0.3, 0.4) is 0 Å². The predicted octanol–water partition coefficient (Wildman–Crippen LogP) is 3.65. The summed E-state index contributed by atoms with van der Waals surface area (Å²) < 4.78 is 6.02. The summed E-state index contributed by atoms with van der Waals surface area (Å²) in [5.41, 5.74) is 2.78. The van der Waals surface area contributed by atoms with E-state index in [0.29, 0.717) is 0 Å². The molecule has 0 aliphatic carbocycles. The Morgan fingerprint density at radius 2 is 1.88 bits per heavy atom. The van der Waals surface area contributed by atoms with E-state index in [-0.39, 0.29) is 11.0 Å². The molecule has 0 saturated heterocycles. The van der Waals surface area contributed by atoms with Crippen LogP contribution >= 0.6 is 0 Å². The molecule has 0 amide bonds. The predicted molar refractivity (Wildman–Crippen MR) is 68.9 cm³/mol. The molecule has 2 nitrogen and oxygen atoms in total. The van der Waals surface area contributed by atoms with Crippen LogP contribution in [-0.4, -0.2) is 11.9 Å². The molecule has 0 bridgehead atoms. The zero-order valence-electron chi connectivity index (χ0n) is 11.3. The fraction of sp³-hybridized carbons (Fsp3) is 0.533. The minimum absolute atomic E-state index is 0.0442. The van der Waals surface area contributed by atoms with Crippen LogP contribution in [0.4, 0.5) is 0 Å². The summed E-state index contributed by atoms with van der Waals surface area (Å²) in [5, 5.41) is 0. The molecule has 0 fully saturated rings. The van der Waals surface area contributed by atoms with Crippen molar-refractivity contribution in [3.63, 3.8) is 0 Å². The third-order valence-corrected chi connectivity index (χ3v) is 3.48. The van der Waals surface area contributed by atoms with Gasteiger partial charge in [0.1, 0.15) is 17.6 Å². The minimum atomic E-state index is -0.147. The number of aryl methyl sites for hydroxylation is 1. The van der Waals surface area contributed by atoms with E-state index in [1.165, 1.54) is 0 Å². The number of carbonyl (C=O) groups excluding carboxylic acids is 1. The molecule has 2 heteroatoms. The van der Waals surface area contributed by atoms with E-state index in [0.717, 1.165) is 35.1 Å². The number of aldehydes is 1. The quantitative estimate of drug-likeness (QED) is 0.691. The lowest BCUT2D eigenvalue weighted by Gasteiger charge is -2.42. The first-order chi connectivity index (χ1) is 7.75. The maximum absolute atomic E-state index is 11.0. The van der Waals surface area contributed by atoms with Crippen LogP contribution in [0.5, 0.6) is 5.75 Å². The number of hydrogen-bond donors (Lipinski definition) is 0. The molecule has 0 spiro atoms. The Hall–Kier alpha value is -1.31. The second-order valence-corrected chi connectivity index (χ2v) is 6.25. The van der Waals surface area contributed by atoms with Crippen LogP contribution in [0.1, 0.15) is 55.6 Å². The van der Waals surface area contributed by atoms with Crippen molar-refractivity contribution in [3.05, 3.63) is 28.8 Å². The van der Waals surface area contributed by atoms with Crippen molar-refractivity contribution in [2.75, 3.05) is 0 Å². The topological polar surface area (TPSA) is 26.3 Å². The monoisotopic (exact) mass is 232 g/mol. The molecule has 0 aromatic heterocycles. The SMILES string of the molecule is Cc1cc2c(cc1C=O)C(C)(C)CC(C)(C)O2. The van der Waals surface area contributed by atoms with Gasteiger partial charge in [-0.05, 0) is 50.3 Å². The molecule has 0 unspecified atom stereocenters. The molecule has 0 radical (unpaired) electrons. The summed E-state index contributed by atoms with van der Waals surface area (Å²) in [4.78, 5) is 11.0. The van der Waals surface area contributed by atoms with Gasteiger partial charge in [-0.2, -0.15) is 0 Å². The molecular formula is C15H20O2. The first-order valence-corrected chi connectivity index (χ1v) is 6.04. The van der Waals surface area contributed by atoms with E-state index in [2.05, 4.69) is 27.7 Å². The van der Waals surface area contributed by atoms with Gasteiger partial charge in [0.2, 0.25) is 0 Å². The van der Waals surface area contributed by atoms with Gasteiger partial charge in [0.25, 0.3) is 0 Å². The Bertz CT molecular complexity index is 470. The van der Waals surface area contributed by atoms with E-state index < -0.39 is 0 Å². The van der Waals surface area contributed by atoms with Crippen LogP contribution in [0.15, 0.2) is 12.1 Å². The Kier molecular flexibility index (Phi) is 2.57. The first kappa shape index (κ1) is 12.2. The summed E-state index contributed by atoms with van der Waals surface area (Å²) in [7, 11) is 0. The molecule has 0 saturated carbocycles. The Balaban J connectivity index is 2.62. The highest BCUT2D eigenvalue weighted by Gasteiger charge is 2.39. The number of carbonyl (C=O) groups is 1. The van der Waals surface area contributed by atoms with Crippen molar-refractivity contribution >= 4 is 6.29 Å². The van der Waals surface area contributed by atoms with Gasteiger partial charge < -0.3 is 4.74 Å². The summed E-state index contributed by atoms with van der Waals surface area (Å²) in [6, 6.07) is 3.97. The maximum Gasteiger partial charge on any atom is 0.150 e. The zero-order valence-corrected chi connectivity index (χ0v) is 11.3. The molecule has 17 heavy (non-hydrogen) atoms. The van der Waals surface area contributed by atoms with E-state index in [1.807, 2.05) is 19.1 Å². The van der Waals surface area contributed by atoms with Crippen molar-refractivity contribution < 1.29 is 9.53 Å². The molecule has 2 rings (SSSR count). The zero-order chi connectivity index (χ0) is 12.8. The third kappa shape index (κ3) is 2.08. The standard InChI is InChI=1S/C15H20O2/c1-10-6-13-12(7-11(10)8-16)14(2,3)9-15(4,5)17-13/h6-8H,9H2,1-5H3. The van der Waals surface area contributed by atoms with Gasteiger partial charge in [0.05, 0.1) is 0 Å². The second-order valence-electron chi connectivity index (χ2n) is 6.25. The molecule has 1 aliphatic heterocycles. The molecule has 0 atom stereocenters. The lowest BCUT2D eigenvalue weighted by molar-refractivity contribution is 0.0533. The molecular weight excluding hydrogens is 212 g/mol. The van der Waals surface area contributed by atoms with E-state index in [4.69, 9.17) is 4.74 Å². The summed E-state index contributed by atoms with van der Waals surface area (Å²) >= 11 is 0. The fourth-order valence-corrected chi connectivity index (χ4v) is 2.93. The molecule has 1 aromatic carbocycles. The van der Waals surface area contributed by atoms with E-state index in [1.54, 1.807) is 0 Å². The number of rotatable bonds is 1. The first-order valence-electron chi connectivity index (χ1n) is 6.04. The normalized spacial score (nSPS) is 20.3. The molecule has 1 aromatic rings. The van der Waals surface area contributed by atoms with Crippen molar-refractivity contribution in [1.82, 2.24) is 0 Å². The summed E-state index contributed by atoms with van der Waals surface area (Å²) in [5.74, 6) is 0.925. The average molecular weight is 232 g/mol.